The summed E-state index contributed by atoms with van der Waals surface area (Å²) in [5.74, 6) is 0.509. The van der Waals surface area contributed by atoms with Crippen LogP contribution in [0.1, 0.15) is 12.8 Å². The maximum absolute atomic E-state index is 9.40. The molecular formula is C15H12N6. The Bertz CT molecular complexity index is 875. The van der Waals surface area contributed by atoms with E-state index in [0.29, 0.717) is 11.6 Å². The van der Waals surface area contributed by atoms with Crippen molar-refractivity contribution >= 4 is 16.7 Å². The molecule has 1 N–H and O–H groups in total. The second-order valence-corrected chi connectivity index (χ2v) is 5.09. The fraction of sp³-hybridized carbons (Fsp3) is 0.200. The van der Waals surface area contributed by atoms with Crippen molar-refractivity contribution in [1.82, 2.24) is 24.7 Å². The van der Waals surface area contributed by atoms with E-state index < -0.39 is 0 Å². The lowest BCUT2D eigenvalue weighted by Crippen LogP contribution is -2.02. The number of allylic oxidation sites excluding steroid dienone is 2. The summed E-state index contributed by atoms with van der Waals surface area (Å²) in [7, 11) is 0. The predicted octanol–water partition coefficient (Wildman–Crippen LogP) is 2.60. The third kappa shape index (κ3) is 1.99. The number of nitrogens with one attached hydrogen (secondary N) is 1. The van der Waals surface area contributed by atoms with Crippen molar-refractivity contribution < 1.29 is 0 Å². The van der Waals surface area contributed by atoms with Gasteiger partial charge in [-0.3, -0.25) is 0 Å². The van der Waals surface area contributed by atoms with Crippen molar-refractivity contribution in [3.63, 3.8) is 0 Å². The van der Waals surface area contributed by atoms with Crippen LogP contribution < -0.4 is 0 Å². The van der Waals surface area contributed by atoms with Crippen LogP contribution in [0.25, 0.3) is 28.1 Å². The van der Waals surface area contributed by atoms with Crippen LogP contribution >= 0.6 is 0 Å². The molecule has 0 atom stereocenters. The van der Waals surface area contributed by atoms with E-state index in [1.165, 1.54) is 6.33 Å². The number of nitriles is 1. The van der Waals surface area contributed by atoms with Gasteiger partial charge in [-0.1, -0.05) is 0 Å². The summed E-state index contributed by atoms with van der Waals surface area (Å²) in [5, 5.41) is 14.6. The minimum absolute atomic E-state index is 0.509. The molecule has 1 fully saturated rings. The van der Waals surface area contributed by atoms with Crippen LogP contribution in [0.3, 0.4) is 0 Å². The highest BCUT2D eigenvalue weighted by atomic mass is 15.3. The molecular weight excluding hydrogens is 264 g/mol. The number of H-pyrrole nitrogens is 1. The van der Waals surface area contributed by atoms with E-state index in [9.17, 15) is 5.26 Å². The summed E-state index contributed by atoms with van der Waals surface area (Å²) < 4.78 is 1.66. The highest BCUT2D eigenvalue weighted by Crippen LogP contribution is 2.33. The molecule has 0 spiro atoms. The molecule has 0 saturated heterocycles. The Labute approximate surface area is 120 Å². The molecule has 21 heavy (non-hydrogen) atoms. The average molecular weight is 276 g/mol. The number of aromatic nitrogens is 5. The van der Waals surface area contributed by atoms with E-state index in [0.717, 1.165) is 35.3 Å². The molecule has 0 aromatic carbocycles. The van der Waals surface area contributed by atoms with Crippen LogP contribution in [-0.4, -0.2) is 24.7 Å². The van der Waals surface area contributed by atoms with E-state index in [1.54, 1.807) is 10.9 Å². The number of hydrogen-bond acceptors (Lipinski definition) is 4. The van der Waals surface area contributed by atoms with Crippen molar-refractivity contribution in [3.8, 4) is 17.5 Å². The van der Waals surface area contributed by atoms with E-state index in [2.05, 4.69) is 26.1 Å². The van der Waals surface area contributed by atoms with Crippen molar-refractivity contribution in [2.75, 3.05) is 0 Å². The molecule has 3 heterocycles. The molecule has 0 aliphatic heterocycles. The molecule has 3 aromatic heterocycles. The molecule has 6 heteroatoms. The van der Waals surface area contributed by atoms with Crippen molar-refractivity contribution in [2.45, 2.75) is 12.8 Å². The maximum Gasteiger partial charge on any atom is 0.141 e. The predicted molar refractivity (Wildman–Crippen MR) is 77.7 cm³/mol. The minimum atomic E-state index is 0.509. The Hall–Kier alpha value is -2.94. The summed E-state index contributed by atoms with van der Waals surface area (Å²) >= 11 is 0. The fourth-order valence-corrected chi connectivity index (χ4v) is 2.39. The van der Waals surface area contributed by atoms with Gasteiger partial charge in [-0.2, -0.15) is 10.4 Å². The minimum Gasteiger partial charge on any atom is -0.346 e. The van der Waals surface area contributed by atoms with Crippen molar-refractivity contribution in [2.24, 2.45) is 5.92 Å². The van der Waals surface area contributed by atoms with E-state index >= 15 is 0 Å². The van der Waals surface area contributed by atoms with Crippen LogP contribution in [0.2, 0.25) is 0 Å². The number of aromatic amines is 1. The number of nitrogens with zero attached hydrogens (tertiary/aromatic N) is 5. The van der Waals surface area contributed by atoms with Crippen LogP contribution in [0.5, 0.6) is 0 Å². The first-order chi connectivity index (χ1) is 10.4. The smallest absolute Gasteiger partial charge is 0.141 e. The first-order valence-corrected chi connectivity index (χ1v) is 6.81. The molecule has 0 radical (unpaired) electrons. The quantitative estimate of drug-likeness (QED) is 0.745. The van der Waals surface area contributed by atoms with E-state index in [1.807, 2.05) is 24.4 Å². The van der Waals surface area contributed by atoms with Crippen molar-refractivity contribution in [3.05, 3.63) is 36.9 Å². The summed E-state index contributed by atoms with van der Waals surface area (Å²) in [6.07, 6.45) is 9.33. The van der Waals surface area contributed by atoms with E-state index in [-0.39, 0.29) is 0 Å². The lowest BCUT2D eigenvalue weighted by Gasteiger charge is -2.06. The highest BCUT2D eigenvalue weighted by molar-refractivity contribution is 5.90. The second kappa shape index (κ2) is 4.56. The molecule has 0 unspecified atom stereocenters. The van der Waals surface area contributed by atoms with Crippen LogP contribution in [-0.2, 0) is 0 Å². The second-order valence-electron chi connectivity index (χ2n) is 5.09. The van der Waals surface area contributed by atoms with Crippen LogP contribution in [0.4, 0.5) is 0 Å². The van der Waals surface area contributed by atoms with Gasteiger partial charge in [0.05, 0.1) is 11.9 Å². The van der Waals surface area contributed by atoms with Gasteiger partial charge in [0, 0.05) is 11.6 Å². The van der Waals surface area contributed by atoms with Gasteiger partial charge in [0.1, 0.15) is 29.4 Å². The summed E-state index contributed by atoms with van der Waals surface area (Å²) in [6.45, 7) is 0. The molecule has 1 aliphatic rings. The lowest BCUT2D eigenvalue weighted by atomic mass is 10.2. The van der Waals surface area contributed by atoms with Gasteiger partial charge in [0.25, 0.3) is 0 Å². The largest absolute Gasteiger partial charge is 0.346 e. The van der Waals surface area contributed by atoms with Crippen molar-refractivity contribution in [1.29, 1.82) is 5.26 Å². The molecule has 3 aromatic rings. The van der Waals surface area contributed by atoms with Gasteiger partial charge in [0.15, 0.2) is 0 Å². The summed E-state index contributed by atoms with van der Waals surface area (Å²) in [5.41, 5.74) is 2.91. The first kappa shape index (κ1) is 11.9. The van der Waals surface area contributed by atoms with Gasteiger partial charge in [0.2, 0.25) is 0 Å². The topological polar surface area (TPSA) is 83.2 Å². The Morgan fingerprint density at radius 3 is 3.10 bits per heavy atom. The van der Waals surface area contributed by atoms with Gasteiger partial charge in [-0.05, 0) is 37.0 Å². The summed E-state index contributed by atoms with van der Waals surface area (Å²) in [4.78, 5) is 11.6. The highest BCUT2D eigenvalue weighted by Gasteiger charge is 2.21. The molecule has 6 nitrogen and oxygen atoms in total. The molecule has 4 rings (SSSR count). The zero-order chi connectivity index (χ0) is 14.2. The number of fused-ring (bicyclic) bond motifs is 1. The van der Waals surface area contributed by atoms with Gasteiger partial charge >= 0.3 is 0 Å². The Morgan fingerprint density at radius 2 is 2.29 bits per heavy atom. The SMILES string of the molecule is N#C/C(=C\C1CC1)n1nccc1-c1ncnc2[nH]ccc12. The maximum atomic E-state index is 9.40. The Kier molecular flexibility index (Phi) is 2.57. The van der Waals surface area contributed by atoms with Crippen LogP contribution in [0.15, 0.2) is 36.9 Å². The zero-order valence-electron chi connectivity index (χ0n) is 11.2. The third-order valence-corrected chi connectivity index (χ3v) is 3.60. The fourth-order valence-electron chi connectivity index (χ4n) is 2.39. The molecule has 0 bridgehead atoms. The first-order valence-electron chi connectivity index (χ1n) is 6.81. The Balaban J connectivity index is 1.89. The molecule has 1 aliphatic carbocycles. The molecule has 1 saturated carbocycles. The molecule has 0 amide bonds. The standard InChI is InChI=1S/C15H12N6/c16-8-11(7-10-1-2-10)21-13(4-6-20-21)14-12-3-5-17-15(12)19-9-18-14/h3-7,9-10H,1-2H2,(H,17,18,19)/b11-7+. The monoisotopic (exact) mass is 276 g/mol. The third-order valence-electron chi connectivity index (χ3n) is 3.60. The van der Waals surface area contributed by atoms with Gasteiger partial charge in [-0.25, -0.2) is 14.6 Å². The average Bonchev–Trinajstić information content (AvgIpc) is 3.02. The zero-order valence-corrected chi connectivity index (χ0v) is 11.2. The van der Waals surface area contributed by atoms with Gasteiger partial charge < -0.3 is 4.98 Å². The van der Waals surface area contributed by atoms with E-state index in [4.69, 9.17) is 0 Å². The lowest BCUT2D eigenvalue weighted by molar-refractivity contribution is 0.905. The van der Waals surface area contributed by atoms with Crippen LogP contribution in [0, 0.1) is 17.2 Å². The summed E-state index contributed by atoms with van der Waals surface area (Å²) in [6, 6.07) is 6.04. The normalized spacial score (nSPS) is 15.3. The number of hydrogen-bond donors (Lipinski definition) is 1. The Morgan fingerprint density at radius 1 is 1.38 bits per heavy atom. The number of rotatable bonds is 3. The van der Waals surface area contributed by atoms with Gasteiger partial charge in [-0.15, -0.1) is 0 Å². The molecule has 102 valence electrons.